The SMILES string of the molecule is C#CC#CC#CC#CC#CC#CC#CC#CC1CC(=O)N(CCC[N+](C)(C)CCCN2C(=O)CC(C)C2=O)C1=O.COS(=O)(=O)[O-]. The molecule has 2 aliphatic rings. The molecule has 0 aromatic carbocycles. The molecule has 0 saturated carbocycles. The van der Waals surface area contributed by atoms with E-state index in [1.807, 2.05) is 14.1 Å². The highest BCUT2D eigenvalue weighted by Crippen LogP contribution is 2.20. The minimum Gasteiger partial charge on any atom is -0.726 e. The van der Waals surface area contributed by atoms with Gasteiger partial charge in [-0.1, -0.05) is 12.8 Å². The van der Waals surface area contributed by atoms with E-state index in [-0.39, 0.29) is 42.4 Å². The van der Waals surface area contributed by atoms with Gasteiger partial charge in [0.15, 0.2) is 0 Å². The molecule has 2 fully saturated rings. The quantitative estimate of drug-likeness (QED) is 0.107. The molecule has 0 spiro atoms. The van der Waals surface area contributed by atoms with Gasteiger partial charge >= 0.3 is 0 Å². The van der Waals surface area contributed by atoms with E-state index in [9.17, 15) is 32.1 Å². The fourth-order valence-corrected chi connectivity index (χ4v) is 4.04. The smallest absolute Gasteiger partial charge is 0.244 e. The van der Waals surface area contributed by atoms with Crippen molar-refractivity contribution >= 4 is 34.0 Å². The lowest BCUT2D eigenvalue weighted by atomic mass is 10.1. The summed E-state index contributed by atoms with van der Waals surface area (Å²) < 4.78 is 31.7. The molecule has 12 heteroatoms. The van der Waals surface area contributed by atoms with Crippen molar-refractivity contribution in [2.24, 2.45) is 11.8 Å². The summed E-state index contributed by atoms with van der Waals surface area (Å²) in [5, 5.41) is 0. The van der Waals surface area contributed by atoms with Crippen molar-refractivity contribution in [3.8, 4) is 95.2 Å². The Balaban J connectivity index is 0.00000160. The lowest BCUT2D eigenvalue weighted by Gasteiger charge is -2.31. The number of likely N-dealkylation sites (tertiary alicyclic amines) is 2. The molecule has 2 saturated heterocycles. The first kappa shape index (κ1) is 38.6. The van der Waals surface area contributed by atoms with Crippen LogP contribution in [0.3, 0.4) is 0 Å². The van der Waals surface area contributed by atoms with Crippen LogP contribution >= 0.6 is 0 Å². The number of nitrogens with zero attached hydrogens (tertiary/aromatic N) is 3. The zero-order chi connectivity index (χ0) is 34.6. The number of amides is 4. The van der Waals surface area contributed by atoms with Crippen molar-refractivity contribution in [1.29, 1.82) is 0 Å². The molecular weight excluding hydrogens is 610 g/mol. The number of quaternary nitrogens is 1. The van der Waals surface area contributed by atoms with Crippen LogP contribution in [0.1, 0.15) is 32.6 Å². The van der Waals surface area contributed by atoms with Gasteiger partial charge < -0.3 is 9.04 Å². The van der Waals surface area contributed by atoms with Crippen LogP contribution in [0.2, 0.25) is 0 Å². The number of hydrogen-bond donors (Lipinski definition) is 0. The average molecular weight is 642 g/mol. The average Bonchev–Trinajstić information content (AvgIpc) is 3.40. The highest BCUT2D eigenvalue weighted by molar-refractivity contribution is 7.80. The molecule has 236 valence electrons. The van der Waals surface area contributed by atoms with E-state index in [1.165, 1.54) is 9.80 Å². The molecule has 0 aliphatic carbocycles. The minimum atomic E-state index is -4.41. The highest BCUT2D eigenvalue weighted by atomic mass is 32.3. The van der Waals surface area contributed by atoms with Gasteiger partial charge in [0, 0.05) is 44.7 Å². The van der Waals surface area contributed by atoms with Gasteiger partial charge in [-0.3, -0.25) is 33.2 Å². The van der Waals surface area contributed by atoms with E-state index in [1.54, 1.807) is 6.92 Å². The van der Waals surface area contributed by atoms with Crippen LogP contribution in [0.15, 0.2) is 0 Å². The van der Waals surface area contributed by atoms with Crippen LogP contribution in [0.5, 0.6) is 0 Å². The summed E-state index contributed by atoms with van der Waals surface area (Å²) in [5.41, 5.74) is 0. The van der Waals surface area contributed by atoms with Crippen LogP contribution in [-0.4, -0.2) is 98.3 Å². The Labute approximate surface area is 271 Å². The first-order chi connectivity index (χ1) is 21.7. The molecule has 2 unspecified atom stereocenters. The number of carbonyl (C=O) groups is 4. The zero-order valence-corrected chi connectivity index (χ0v) is 26.7. The third-order valence-electron chi connectivity index (χ3n) is 6.28. The van der Waals surface area contributed by atoms with Crippen LogP contribution in [0, 0.1) is 107 Å². The number of rotatable bonds is 9. The van der Waals surface area contributed by atoms with Crippen LogP contribution in [0.25, 0.3) is 0 Å². The molecule has 46 heavy (non-hydrogen) atoms. The van der Waals surface area contributed by atoms with Gasteiger partial charge in [0.2, 0.25) is 34.0 Å². The molecule has 0 aromatic rings. The third-order valence-corrected chi connectivity index (χ3v) is 6.68. The Kier molecular flexibility index (Phi) is 16.6. The minimum absolute atomic E-state index is 0.0368. The fraction of sp³-hybridized carbons (Fsp3) is 0.412. The lowest BCUT2D eigenvalue weighted by Crippen LogP contribution is -2.44. The van der Waals surface area contributed by atoms with E-state index in [2.05, 4.69) is 93.0 Å². The first-order valence-electron chi connectivity index (χ1n) is 13.7. The normalized spacial score (nSPS) is 16.3. The molecule has 2 atom stereocenters. The molecule has 0 radical (unpaired) electrons. The third kappa shape index (κ3) is 15.4. The lowest BCUT2D eigenvalue weighted by molar-refractivity contribution is -0.890. The summed E-state index contributed by atoms with van der Waals surface area (Å²) in [6.45, 7) is 4.01. The Morgan fingerprint density at radius 1 is 0.761 bits per heavy atom. The first-order valence-corrected chi connectivity index (χ1v) is 15.0. The van der Waals surface area contributed by atoms with E-state index < -0.39 is 16.3 Å². The van der Waals surface area contributed by atoms with Crippen molar-refractivity contribution in [1.82, 2.24) is 9.80 Å². The van der Waals surface area contributed by atoms with Gasteiger partial charge in [0.25, 0.3) is 0 Å². The van der Waals surface area contributed by atoms with Crippen molar-refractivity contribution < 1.29 is 40.8 Å². The fourth-order valence-electron chi connectivity index (χ4n) is 4.04. The molecule has 0 N–H and O–H groups in total. The molecule has 4 amide bonds. The van der Waals surface area contributed by atoms with Gasteiger partial charge in [-0.05, 0) is 82.9 Å². The number of terminal acetylenes is 1. The van der Waals surface area contributed by atoms with Gasteiger partial charge in [-0.2, -0.15) is 0 Å². The van der Waals surface area contributed by atoms with Gasteiger partial charge in [-0.25, -0.2) is 8.42 Å². The highest BCUT2D eigenvalue weighted by Gasteiger charge is 2.38. The van der Waals surface area contributed by atoms with E-state index >= 15 is 0 Å². The van der Waals surface area contributed by atoms with Crippen molar-refractivity contribution in [3.63, 3.8) is 0 Å². The van der Waals surface area contributed by atoms with Gasteiger partial charge in [-0.15, -0.1) is 6.42 Å². The molecule has 11 nitrogen and oxygen atoms in total. The summed E-state index contributed by atoms with van der Waals surface area (Å²) in [4.78, 5) is 51.6. The summed E-state index contributed by atoms with van der Waals surface area (Å²) in [7, 11) is 0.493. The number of carbonyl (C=O) groups excluding carboxylic acids is 4. The Bertz CT molecular complexity index is 1810. The topological polar surface area (TPSA) is 141 Å². The van der Waals surface area contributed by atoms with Gasteiger partial charge in [0.05, 0.1) is 34.3 Å². The molecule has 0 aromatic heterocycles. The van der Waals surface area contributed by atoms with Crippen molar-refractivity contribution in [2.45, 2.75) is 32.6 Å². The van der Waals surface area contributed by atoms with E-state index in [0.717, 1.165) is 20.2 Å². The standard InChI is InChI=1S/C33H28N3O4.CH4O4S/c1-5-6-7-8-9-10-11-12-13-14-15-16-17-18-21-29-27-31(38)35(33(29)40)23-20-25-36(3,4)24-19-22-34-30(37)26-28(2)32(34)39;1-5-6(2,3)4/h1,28-29H,19-20,22-27H2,2-4H3;1H3,(H,2,3,4)/q+1;/p-1. The maximum absolute atomic E-state index is 12.6. The van der Waals surface area contributed by atoms with Crippen LogP contribution in [-0.2, 0) is 33.8 Å². The number of hydrogen-bond acceptors (Lipinski definition) is 8. The largest absolute Gasteiger partial charge is 0.726 e. The van der Waals surface area contributed by atoms with E-state index in [0.29, 0.717) is 30.4 Å². The van der Waals surface area contributed by atoms with Crippen molar-refractivity contribution in [3.05, 3.63) is 0 Å². The summed E-state index contributed by atoms with van der Waals surface area (Å²) >= 11 is 0. The second-order valence-electron chi connectivity index (χ2n) is 10.2. The number of imide groups is 2. The molecule has 2 rings (SSSR count). The Morgan fingerprint density at radius 2 is 1.15 bits per heavy atom. The molecule has 0 bridgehead atoms. The molecular formula is C34H31N3O8S. The van der Waals surface area contributed by atoms with Crippen LogP contribution < -0.4 is 0 Å². The molecule has 2 heterocycles. The predicted molar refractivity (Wildman–Crippen MR) is 166 cm³/mol. The van der Waals surface area contributed by atoms with Gasteiger partial charge in [0.1, 0.15) is 5.92 Å². The second-order valence-corrected chi connectivity index (χ2v) is 11.4. The summed E-state index contributed by atoms with van der Waals surface area (Å²) in [6.07, 6.45) is 6.60. The Morgan fingerprint density at radius 3 is 1.54 bits per heavy atom. The predicted octanol–water partition coefficient (Wildman–Crippen LogP) is -0.637. The maximum atomic E-state index is 12.6. The summed E-state index contributed by atoms with van der Waals surface area (Å²) in [6, 6.07) is 0. The Hall–Kier alpha value is -5.41. The van der Waals surface area contributed by atoms with Crippen molar-refractivity contribution in [2.75, 3.05) is 47.4 Å². The second kappa shape index (κ2) is 19.8. The maximum Gasteiger partial charge on any atom is 0.244 e. The summed E-state index contributed by atoms with van der Waals surface area (Å²) in [5.74, 6) is 35.3. The monoisotopic (exact) mass is 641 g/mol. The van der Waals surface area contributed by atoms with Crippen LogP contribution in [0.4, 0.5) is 0 Å². The zero-order valence-electron chi connectivity index (χ0n) is 25.9. The van der Waals surface area contributed by atoms with E-state index in [4.69, 9.17) is 6.42 Å². The molecule has 2 aliphatic heterocycles.